The Morgan fingerprint density at radius 1 is 1.24 bits per heavy atom. The molecule has 1 fully saturated rings. The Kier molecular flexibility index (Phi) is 6.54. The van der Waals surface area contributed by atoms with Gasteiger partial charge in [-0.15, -0.1) is 0 Å². The highest BCUT2D eigenvalue weighted by Crippen LogP contribution is 2.28. The van der Waals surface area contributed by atoms with Gasteiger partial charge in [0.25, 0.3) is 5.91 Å². The summed E-state index contributed by atoms with van der Waals surface area (Å²) in [5, 5.41) is 11.8. The van der Waals surface area contributed by atoms with Gasteiger partial charge in [0.2, 0.25) is 0 Å². The molecule has 5 rings (SSSR count). The van der Waals surface area contributed by atoms with Crippen LogP contribution in [0, 0.1) is 5.82 Å². The van der Waals surface area contributed by atoms with E-state index in [2.05, 4.69) is 32.3 Å². The van der Waals surface area contributed by atoms with Crippen LogP contribution in [0.25, 0.3) is 16.5 Å². The van der Waals surface area contributed by atoms with Gasteiger partial charge in [0.05, 0.1) is 17.3 Å². The fourth-order valence-electron chi connectivity index (χ4n) is 4.91. The summed E-state index contributed by atoms with van der Waals surface area (Å²) >= 11 is 0. The average molecular weight is 460 g/mol. The molecule has 0 spiro atoms. The molecule has 176 valence electrons. The summed E-state index contributed by atoms with van der Waals surface area (Å²) in [6, 6.07) is 12.8. The van der Waals surface area contributed by atoms with Gasteiger partial charge in [0.1, 0.15) is 5.82 Å². The number of amides is 1. The Bertz CT molecular complexity index is 1250. The number of fused-ring (bicyclic) bond motifs is 1. The van der Waals surface area contributed by atoms with Crippen LogP contribution in [-0.2, 0) is 6.54 Å². The molecule has 2 atom stereocenters. The third-order valence-corrected chi connectivity index (χ3v) is 6.70. The van der Waals surface area contributed by atoms with Crippen molar-refractivity contribution in [1.29, 1.82) is 0 Å². The highest BCUT2D eigenvalue weighted by atomic mass is 19.1. The van der Waals surface area contributed by atoms with Gasteiger partial charge in [-0.05, 0) is 68.6 Å². The van der Waals surface area contributed by atoms with E-state index in [1.807, 2.05) is 42.6 Å². The molecule has 0 saturated carbocycles. The minimum atomic E-state index is -0.176. The van der Waals surface area contributed by atoms with Gasteiger partial charge in [-0.2, -0.15) is 5.10 Å². The molecule has 2 aromatic carbocycles. The van der Waals surface area contributed by atoms with Crippen LogP contribution >= 0.6 is 0 Å². The number of H-pyrrole nitrogens is 1. The molecule has 3 aromatic rings. The summed E-state index contributed by atoms with van der Waals surface area (Å²) in [6.45, 7) is 4.25. The molecule has 0 aliphatic carbocycles. The van der Waals surface area contributed by atoms with E-state index in [1.54, 1.807) is 6.07 Å². The number of aliphatic imine (C=N–C) groups is 1. The van der Waals surface area contributed by atoms with Crippen LogP contribution in [0.3, 0.4) is 0 Å². The fourth-order valence-corrected chi connectivity index (χ4v) is 4.91. The molecule has 7 heteroatoms. The minimum Gasteiger partial charge on any atom is -0.348 e. The second-order valence-electron chi connectivity index (χ2n) is 9.37. The lowest BCUT2D eigenvalue weighted by Gasteiger charge is -2.25. The zero-order chi connectivity index (χ0) is 23.5. The van der Waals surface area contributed by atoms with Crippen molar-refractivity contribution in [3.8, 4) is 0 Å². The summed E-state index contributed by atoms with van der Waals surface area (Å²) in [5.41, 5.74) is 4.24. The second kappa shape index (κ2) is 9.89. The molecule has 34 heavy (non-hydrogen) atoms. The van der Waals surface area contributed by atoms with Crippen molar-refractivity contribution in [3.05, 3.63) is 71.2 Å². The normalized spacial score (nSPS) is 21.3. The molecule has 1 saturated heterocycles. The number of dihydropyridines is 1. The lowest BCUT2D eigenvalue weighted by Crippen LogP contribution is -2.42. The van der Waals surface area contributed by atoms with Crippen LogP contribution in [-0.4, -0.2) is 52.4 Å². The third kappa shape index (κ3) is 4.94. The maximum atomic E-state index is 14.1. The van der Waals surface area contributed by atoms with E-state index in [1.165, 1.54) is 6.07 Å². The van der Waals surface area contributed by atoms with Crippen LogP contribution in [0.1, 0.15) is 54.2 Å². The van der Waals surface area contributed by atoms with Crippen LogP contribution in [0.5, 0.6) is 0 Å². The SMILES string of the molecule is CC1CC(c2n[nH]c3ccc(C(=O)NC4CCCCN(Cc5ccccc5F)C4)cc23)=CC=N1. The molecule has 1 aromatic heterocycles. The molecule has 0 radical (unpaired) electrons. The molecule has 0 bridgehead atoms. The van der Waals surface area contributed by atoms with Crippen molar-refractivity contribution in [2.75, 3.05) is 13.1 Å². The number of rotatable bonds is 5. The first-order valence-corrected chi connectivity index (χ1v) is 12.0. The van der Waals surface area contributed by atoms with E-state index in [9.17, 15) is 9.18 Å². The smallest absolute Gasteiger partial charge is 0.251 e. The third-order valence-electron chi connectivity index (χ3n) is 6.70. The van der Waals surface area contributed by atoms with Crippen molar-refractivity contribution in [2.24, 2.45) is 4.99 Å². The zero-order valence-corrected chi connectivity index (χ0v) is 19.4. The number of halogens is 1. The predicted molar refractivity (Wildman–Crippen MR) is 133 cm³/mol. The summed E-state index contributed by atoms with van der Waals surface area (Å²) in [7, 11) is 0. The topological polar surface area (TPSA) is 73.4 Å². The number of nitrogens with one attached hydrogen (secondary N) is 2. The van der Waals surface area contributed by atoms with Gasteiger partial charge in [0, 0.05) is 41.9 Å². The number of carbonyl (C=O) groups excluding carboxylic acids is 1. The van der Waals surface area contributed by atoms with Crippen LogP contribution in [0.15, 0.2) is 53.5 Å². The Morgan fingerprint density at radius 3 is 2.97 bits per heavy atom. The zero-order valence-electron chi connectivity index (χ0n) is 19.4. The maximum Gasteiger partial charge on any atom is 0.251 e. The van der Waals surface area contributed by atoms with E-state index < -0.39 is 0 Å². The first-order valence-electron chi connectivity index (χ1n) is 12.0. The van der Waals surface area contributed by atoms with Crippen LogP contribution < -0.4 is 5.32 Å². The standard InChI is InChI=1S/C27H30FN5O/c1-18-14-19(11-12-29-18)26-23-15-20(9-10-25(23)31-32-26)27(34)30-22-7-4-5-13-33(17-22)16-21-6-2-3-8-24(21)28/h2-3,6,8-12,15,18,22H,4-5,7,13-14,16-17H2,1H3,(H,30,34)(H,31,32). The van der Waals surface area contributed by atoms with Gasteiger partial charge < -0.3 is 5.32 Å². The summed E-state index contributed by atoms with van der Waals surface area (Å²) < 4.78 is 14.1. The number of hydrogen-bond acceptors (Lipinski definition) is 4. The van der Waals surface area contributed by atoms with Gasteiger partial charge in [-0.1, -0.05) is 24.6 Å². The second-order valence-corrected chi connectivity index (χ2v) is 9.37. The Morgan fingerprint density at radius 2 is 2.12 bits per heavy atom. The van der Waals surface area contributed by atoms with E-state index in [0.717, 1.165) is 54.4 Å². The number of carbonyl (C=O) groups is 1. The summed E-state index contributed by atoms with van der Waals surface area (Å²) in [4.78, 5) is 19.8. The molecule has 2 aliphatic heterocycles. The predicted octanol–water partition coefficient (Wildman–Crippen LogP) is 4.73. The van der Waals surface area contributed by atoms with Crippen LogP contribution in [0.4, 0.5) is 4.39 Å². The molecule has 2 aliphatic rings. The lowest BCUT2D eigenvalue weighted by molar-refractivity contribution is 0.0925. The van der Waals surface area contributed by atoms with Gasteiger partial charge in [0.15, 0.2) is 0 Å². The molecule has 2 unspecified atom stereocenters. The Labute approximate surface area is 199 Å². The molecular weight excluding hydrogens is 429 g/mol. The summed E-state index contributed by atoms with van der Waals surface area (Å²) in [6.07, 6.45) is 7.66. The quantitative estimate of drug-likeness (QED) is 0.579. The number of nitrogens with zero attached hydrogens (tertiary/aromatic N) is 3. The number of allylic oxidation sites excluding steroid dienone is 1. The van der Waals surface area contributed by atoms with Crippen molar-refractivity contribution in [3.63, 3.8) is 0 Å². The van der Waals surface area contributed by atoms with E-state index >= 15 is 0 Å². The van der Waals surface area contributed by atoms with E-state index in [0.29, 0.717) is 24.2 Å². The molecule has 3 heterocycles. The van der Waals surface area contributed by atoms with Crippen molar-refractivity contribution in [1.82, 2.24) is 20.4 Å². The molecule has 2 N–H and O–H groups in total. The number of aromatic nitrogens is 2. The average Bonchev–Trinajstić information content (AvgIpc) is 3.14. The first-order chi connectivity index (χ1) is 16.6. The van der Waals surface area contributed by atoms with Gasteiger partial charge in [-0.3, -0.25) is 19.8 Å². The van der Waals surface area contributed by atoms with Crippen molar-refractivity contribution in [2.45, 2.75) is 51.2 Å². The van der Waals surface area contributed by atoms with Crippen LogP contribution in [0.2, 0.25) is 0 Å². The van der Waals surface area contributed by atoms with Crippen molar-refractivity contribution < 1.29 is 9.18 Å². The number of aromatic amines is 1. The highest BCUT2D eigenvalue weighted by molar-refractivity contribution is 6.01. The minimum absolute atomic E-state index is 0.0272. The van der Waals surface area contributed by atoms with Gasteiger partial charge >= 0.3 is 0 Å². The van der Waals surface area contributed by atoms with Gasteiger partial charge in [-0.25, -0.2) is 4.39 Å². The lowest BCUT2D eigenvalue weighted by atomic mass is 9.98. The largest absolute Gasteiger partial charge is 0.348 e. The molecule has 6 nitrogen and oxygen atoms in total. The highest BCUT2D eigenvalue weighted by Gasteiger charge is 2.22. The first kappa shape index (κ1) is 22.5. The Hall–Kier alpha value is -3.32. The number of likely N-dealkylation sites (tertiary alicyclic amines) is 1. The fraction of sp³-hybridized carbons (Fsp3) is 0.370. The number of benzene rings is 2. The maximum absolute atomic E-state index is 14.1. The monoisotopic (exact) mass is 459 g/mol. The summed E-state index contributed by atoms with van der Waals surface area (Å²) in [5.74, 6) is -0.260. The molecule has 1 amide bonds. The van der Waals surface area contributed by atoms with E-state index in [4.69, 9.17) is 0 Å². The van der Waals surface area contributed by atoms with Crippen molar-refractivity contribution >= 4 is 28.6 Å². The number of hydrogen-bond donors (Lipinski definition) is 2. The van der Waals surface area contributed by atoms with E-state index in [-0.39, 0.29) is 23.8 Å². The molecular formula is C27H30FN5O. The Balaban J connectivity index is 1.30.